The summed E-state index contributed by atoms with van der Waals surface area (Å²) >= 11 is 0. The standard InChI is InChI=1S/C6H14N3O2/c1-8(2)4-3-5-9(11)6(7)10/h3-5H2,1-2H3,(H2,7,10)/q-1. The van der Waals surface area contributed by atoms with Gasteiger partial charge in [0.2, 0.25) is 0 Å². The molecule has 0 atom stereocenters. The number of amides is 2. The average Bonchev–Trinajstić information content (AvgIpc) is 1.86. The molecule has 0 aliphatic rings. The Labute approximate surface area is 66.3 Å². The van der Waals surface area contributed by atoms with Gasteiger partial charge >= 0.3 is 6.03 Å². The van der Waals surface area contributed by atoms with E-state index in [2.05, 4.69) is 0 Å². The third kappa shape index (κ3) is 5.63. The van der Waals surface area contributed by atoms with E-state index in [0.29, 0.717) is 6.42 Å². The molecule has 0 rings (SSSR count). The van der Waals surface area contributed by atoms with Crippen molar-refractivity contribution in [3.8, 4) is 0 Å². The van der Waals surface area contributed by atoms with Gasteiger partial charge < -0.3 is 20.9 Å². The zero-order chi connectivity index (χ0) is 8.85. The Morgan fingerprint density at radius 3 is 2.36 bits per heavy atom. The van der Waals surface area contributed by atoms with Crippen LogP contribution in [-0.2, 0) is 0 Å². The van der Waals surface area contributed by atoms with Gasteiger partial charge in [-0.15, -0.1) is 0 Å². The van der Waals surface area contributed by atoms with E-state index in [1.807, 2.05) is 19.0 Å². The Morgan fingerprint density at radius 1 is 1.45 bits per heavy atom. The minimum atomic E-state index is -0.913. The number of primary amides is 1. The van der Waals surface area contributed by atoms with Gasteiger partial charge in [-0.2, -0.15) is 0 Å². The number of nitrogens with two attached hydrogens (primary N) is 1. The van der Waals surface area contributed by atoms with Crippen molar-refractivity contribution in [3.05, 3.63) is 5.21 Å². The average molecular weight is 160 g/mol. The van der Waals surface area contributed by atoms with E-state index in [-0.39, 0.29) is 11.6 Å². The summed E-state index contributed by atoms with van der Waals surface area (Å²) < 4.78 is 0. The third-order valence-electron chi connectivity index (χ3n) is 1.21. The molecular formula is C6H14N3O2-. The molecule has 0 aromatic carbocycles. The fourth-order valence-corrected chi connectivity index (χ4v) is 0.641. The van der Waals surface area contributed by atoms with Gasteiger partial charge in [-0.3, -0.25) is 0 Å². The van der Waals surface area contributed by atoms with E-state index in [1.165, 1.54) is 0 Å². The molecule has 5 nitrogen and oxygen atoms in total. The molecule has 0 saturated heterocycles. The molecule has 2 amide bonds. The zero-order valence-corrected chi connectivity index (χ0v) is 6.91. The molecule has 0 heterocycles. The third-order valence-corrected chi connectivity index (χ3v) is 1.21. The molecule has 2 N–H and O–H groups in total. The predicted molar refractivity (Wildman–Crippen MR) is 42.8 cm³/mol. The topological polar surface area (TPSA) is 72.6 Å². The maximum atomic E-state index is 10.5. The second kappa shape index (κ2) is 4.92. The highest BCUT2D eigenvalue weighted by Crippen LogP contribution is 1.89. The highest BCUT2D eigenvalue weighted by Gasteiger charge is 1.96. The summed E-state index contributed by atoms with van der Waals surface area (Å²) in [5, 5.41) is 10.8. The Balaban J connectivity index is 3.31. The van der Waals surface area contributed by atoms with E-state index in [0.717, 1.165) is 6.54 Å². The normalized spacial score (nSPS) is 10.2. The summed E-state index contributed by atoms with van der Waals surface area (Å²) in [5.41, 5.74) is 4.71. The summed E-state index contributed by atoms with van der Waals surface area (Å²) in [5.74, 6) is 0. The first-order valence-corrected chi connectivity index (χ1v) is 3.43. The van der Waals surface area contributed by atoms with Crippen LogP contribution < -0.4 is 5.73 Å². The highest BCUT2D eigenvalue weighted by molar-refractivity contribution is 5.72. The molecule has 0 radical (unpaired) electrons. The van der Waals surface area contributed by atoms with Crippen LogP contribution in [0, 0.1) is 5.21 Å². The largest absolute Gasteiger partial charge is 0.755 e. The number of nitrogens with zero attached hydrogens (tertiary/aromatic N) is 2. The fraction of sp³-hybridized carbons (Fsp3) is 0.833. The number of carbonyl (C=O) groups is 1. The van der Waals surface area contributed by atoms with Gasteiger partial charge in [-0.05, 0) is 27.1 Å². The van der Waals surface area contributed by atoms with Gasteiger partial charge in [0.1, 0.15) is 0 Å². The SMILES string of the molecule is CN(C)CCCN([O-])C(N)=O. The van der Waals surface area contributed by atoms with E-state index < -0.39 is 6.03 Å². The van der Waals surface area contributed by atoms with Gasteiger partial charge in [0.25, 0.3) is 0 Å². The zero-order valence-electron chi connectivity index (χ0n) is 6.91. The minimum Gasteiger partial charge on any atom is -0.755 e. The maximum absolute atomic E-state index is 10.5. The molecule has 66 valence electrons. The lowest BCUT2D eigenvalue weighted by molar-refractivity contribution is 0.222. The summed E-state index contributed by atoms with van der Waals surface area (Å²) in [6, 6.07) is -0.913. The molecule has 0 unspecified atom stereocenters. The van der Waals surface area contributed by atoms with Crippen molar-refractivity contribution in [3.63, 3.8) is 0 Å². The number of hydroxylamine groups is 2. The van der Waals surface area contributed by atoms with E-state index >= 15 is 0 Å². The van der Waals surface area contributed by atoms with Crippen molar-refractivity contribution in [2.75, 3.05) is 27.2 Å². The van der Waals surface area contributed by atoms with Crippen LogP contribution in [0.15, 0.2) is 0 Å². The molecule has 11 heavy (non-hydrogen) atoms. The molecule has 0 aromatic rings. The molecule has 0 spiro atoms. The molecule has 0 aliphatic carbocycles. The smallest absolute Gasteiger partial charge is 0.304 e. The van der Waals surface area contributed by atoms with Crippen molar-refractivity contribution in [1.29, 1.82) is 0 Å². The second-order valence-corrected chi connectivity index (χ2v) is 2.60. The Bertz CT molecular complexity index is 127. The molecule has 0 saturated carbocycles. The van der Waals surface area contributed by atoms with E-state index in [1.54, 1.807) is 0 Å². The number of rotatable bonds is 4. The lowest BCUT2D eigenvalue weighted by Crippen LogP contribution is -2.32. The summed E-state index contributed by atoms with van der Waals surface area (Å²) in [7, 11) is 3.80. The van der Waals surface area contributed by atoms with Gasteiger partial charge in [-0.25, -0.2) is 4.79 Å². The van der Waals surface area contributed by atoms with Gasteiger partial charge in [0, 0.05) is 6.54 Å². The van der Waals surface area contributed by atoms with Crippen molar-refractivity contribution in [2.24, 2.45) is 5.73 Å². The molecule has 0 fully saturated rings. The Hall–Kier alpha value is -0.810. The van der Waals surface area contributed by atoms with Crippen LogP contribution in [0.25, 0.3) is 0 Å². The van der Waals surface area contributed by atoms with Crippen molar-refractivity contribution >= 4 is 6.03 Å². The lowest BCUT2D eigenvalue weighted by Gasteiger charge is -2.25. The van der Waals surface area contributed by atoms with Crippen LogP contribution in [0.1, 0.15) is 6.42 Å². The number of hydrogen-bond acceptors (Lipinski definition) is 3. The number of carbonyl (C=O) groups excluding carboxylic acids is 1. The Kier molecular flexibility index (Phi) is 4.56. The molecule has 0 bridgehead atoms. The first-order valence-electron chi connectivity index (χ1n) is 3.43. The lowest BCUT2D eigenvalue weighted by atomic mass is 10.4. The summed E-state index contributed by atoms with van der Waals surface area (Å²) in [6.07, 6.45) is 0.652. The minimum absolute atomic E-state index is 0.174. The maximum Gasteiger partial charge on any atom is 0.304 e. The van der Waals surface area contributed by atoms with Crippen molar-refractivity contribution in [2.45, 2.75) is 6.42 Å². The number of hydrogen-bond donors (Lipinski definition) is 1. The highest BCUT2D eigenvalue weighted by atomic mass is 16.5. The monoisotopic (exact) mass is 160 g/mol. The first kappa shape index (κ1) is 10.2. The van der Waals surface area contributed by atoms with Crippen LogP contribution in [0.5, 0.6) is 0 Å². The predicted octanol–water partition coefficient (Wildman–Crippen LogP) is -0.183. The Morgan fingerprint density at radius 2 is 2.00 bits per heavy atom. The summed E-state index contributed by atoms with van der Waals surface area (Å²) in [4.78, 5) is 12.1. The van der Waals surface area contributed by atoms with Gasteiger partial charge in [0.05, 0.1) is 0 Å². The second-order valence-electron chi connectivity index (χ2n) is 2.60. The molecule has 0 aromatic heterocycles. The number of urea groups is 1. The van der Waals surface area contributed by atoms with Crippen molar-refractivity contribution in [1.82, 2.24) is 9.96 Å². The van der Waals surface area contributed by atoms with Crippen LogP contribution in [0.4, 0.5) is 4.79 Å². The molecular weight excluding hydrogens is 146 g/mol. The van der Waals surface area contributed by atoms with E-state index in [9.17, 15) is 10.0 Å². The van der Waals surface area contributed by atoms with Crippen LogP contribution in [0.2, 0.25) is 0 Å². The quantitative estimate of drug-likeness (QED) is 0.579. The molecule has 5 heteroatoms. The van der Waals surface area contributed by atoms with Gasteiger partial charge in [0.15, 0.2) is 0 Å². The van der Waals surface area contributed by atoms with Crippen LogP contribution in [-0.4, -0.2) is 43.2 Å². The van der Waals surface area contributed by atoms with Crippen LogP contribution in [0.3, 0.4) is 0 Å². The van der Waals surface area contributed by atoms with Crippen molar-refractivity contribution < 1.29 is 4.79 Å². The fourth-order valence-electron chi connectivity index (χ4n) is 0.641. The van der Waals surface area contributed by atoms with Gasteiger partial charge in [-0.1, -0.05) is 0 Å². The summed E-state index contributed by atoms with van der Waals surface area (Å²) in [6.45, 7) is 0.958. The first-order chi connectivity index (χ1) is 5.04. The molecule has 0 aliphatic heterocycles. The van der Waals surface area contributed by atoms with Crippen LogP contribution >= 0.6 is 0 Å². The van der Waals surface area contributed by atoms with E-state index in [4.69, 9.17) is 5.73 Å².